The van der Waals surface area contributed by atoms with Crippen molar-refractivity contribution in [1.82, 2.24) is 25.5 Å². The number of hydrogen-bond donors (Lipinski definition) is 2. The van der Waals surface area contributed by atoms with Crippen molar-refractivity contribution in [3.8, 4) is 0 Å². The number of guanidine groups is 1. The highest BCUT2D eigenvalue weighted by atomic mass is 16.5. The molecule has 2 rings (SSSR count). The van der Waals surface area contributed by atoms with E-state index in [9.17, 15) is 0 Å². The number of ether oxygens (including phenoxy) is 1. The normalized spacial score (nSPS) is 16.7. The Hall–Kier alpha value is -1.93. The molecule has 2 N–H and O–H groups in total. The molecule has 0 spiro atoms. The van der Waals surface area contributed by atoms with Crippen molar-refractivity contribution >= 4 is 11.9 Å². The molecule has 0 amide bonds. The van der Waals surface area contributed by atoms with Gasteiger partial charge in [-0.3, -0.25) is 9.89 Å². The molecule has 170 valence electrons. The summed E-state index contributed by atoms with van der Waals surface area (Å²) in [5, 5.41) is 6.80. The topological polar surface area (TPSA) is 77.9 Å². The Balaban J connectivity index is 1.65. The SMILES string of the molecule is CCNC(=NCCCN1CCN(c2ncccn2)CC1)NCCC(OCC)C(C)C. The molecule has 0 bridgehead atoms. The number of nitrogens with zero attached hydrogens (tertiary/aromatic N) is 5. The molecule has 1 saturated heterocycles. The third-order valence-corrected chi connectivity index (χ3v) is 5.30. The van der Waals surface area contributed by atoms with E-state index in [-0.39, 0.29) is 0 Å². The van der Waals surface area contributed by atoms with Crippen molar-refractivity contribution in [3.63, 3.8) is 0 Å². The van der Waals surface area contributed by atoms with Crippen LogP contribution in [0.1, 0.15) is 40.5 Å². The first kappa shape index (κ1) is 24.3. The molecule has 0 radical (unpaired) electrons. The predicted octanol–water partition coefficient (Wildman–Crippen LogP) is 2.00. The molecule has 1 aromatic rings. The molecule has 2 heterocycles. The molecule has 1 aliphatic heterocycles. The van der Waals surface area contributed by atoms with Crippen molar-refractivity contribution in [2.45, 2.75) is 46.6 Å². The zero-order valence-corrected chi connectivity index (χ0v) is 19.3. The summed E-state index contributed by atoms with van der Waals surface area (Å²) in [4.78, 5) is 18.2. The van der Waals surface area contributed by atoms with Crippen LogP contribution in [0.5, 0.6) is 0 Å². The number of nitrogens with one attached hydrogen (secondary N) is 2. The minimum absolute atomic E-state index is 0.297. The maximum Gasteiger partial charge on any atom is 0.225 e. The zero-order valence-electron chi connectivity index (χ0n) is 19.3. The van der Waals surface area contributed by atoms with Gasteiger partial charge in [0.25, 0.3) is 0 Å². The largest absolute Gasteiger partial charge is 0.378 e. The van der Waals surface area contributed by atoms with E-state index in [1.165, 1.54) is 0 Å². The van der Waals surface area contributed by atoms with Crippen LogP contribution in [0.25, 0.3) is 0 Å². The number of hydrogen-bond acceptors (Lipinski definition) is 6. The summed E-state index contributed by atoms with van der Waals surface area (Å²) in [6.07, 6.45) is 5.97. The van der Waals surface area contributed by atoms with Gasteiger partial charge in [0.2, 0.25) is 5.95 Å². The van der Waals surface area contributed by atoms with Gasteiger partial charge < -0.3 is 20.3 Å². The Morgan fingerprint density at radius 2 is 1.87 bits per heavy atom. The molecule has 1 fully saturated rings. The average molecular weight is 420 g/mol. The van der Waals surface area contributed by atoms with Gasteiger partial charge in [-0.2, -0.15) is 0 Å². The summed E-state index contributed by atoms with van der Waals surface area (Å²) < 4.78 is 5.83. The summed E-state index contributed by atoms with van der Waals surface area (Å²) >= 11 is 0. The lowest BCUT2D eigenvalue weighted by molar-refractivity contribution is 0.0258. The van der Waals surface area contributed by atoms with Crippen LogP contribution in [-0.4, -0.2) is 85.9 Å². The lowest BCUT2D eigenvalue weighted by Crippen LogP contribution is -2.47. The van der Waals surface area contributed by atoms with E-state index in [1.54, 1.807) is 0 Å². The Morgan fingerprint density at radius 1 is 1.13 bits per heavy atom. The molecule has 30 heavy (non-hydrogen) atoms. The second-order valence-corrected chi connectivity index (χ2v) is 7.94. The summed E-state index contributed by atoms with van der Waals surface area (Å²) in [6.45, 7) is 17.1. The third kappa shape index (κ3) is 8.83. The van der Waals surface area contributed by atoms with Gasteiger partial charge in [-0.1, -0.05) is 13.8 Å². The highest BCUT2D eigenvalue weighted by molar-refractivity contribution is 5.79. The van der Waals surface area contributed by atoms with Gasteiger partial charge in [0.05, 0.1) is 6.10 Å². The van der Waals surface area contributed by atoms with E-state index >= 15 is 0 Å². The maximum absolute atomic E-state index is 5.83. The Labute approximate surface area is 182 Å². The Morgan fingerprint density at radius 3 is 2.50 bits per heavy atom. The number of piperazine rings is 1. The van der Waals surface area contributed by atoms with E-state index in [4.69, 9.17) is 9.73 Å². The first-order chi connectivity index (χ1) is 14.6. The fourth-order valence-corrected chi connectivity index (χ4v) is 3.61. The molecule has 1 unspecified atom stereocenters. The summed E-state index contributed by atoms with van der Waals surface area (Å²) in [7, 11) is 0. The monoisotopic (exact) mass is 419 g/mol. The molecule has 0 saturated carbocycles. The quantitative estimate of drug-likeness (QED) is 0.305. The van der Waals surface area contributed by atoms with Crippen LogP contribution in [0.2, 0.25) is 0 Å². The van der Waals surface area contributed by atoms with Crippen LogP contribution < -0.4 is 15.5 Å². The fraction of sp³-hybridized carbons (Fsp3) is 0.773. The van der Waals surface area contributed by atoms with Crippen molar-refractivity contribution in [2.24, 2.45) is 10.9 Å². The van der Waals surface area contributed by atoms with E-state index in [0.29, 0.717) is 12.0 Å². The van der Waals surface area contributed by atoms with Crippen molar-refractivity contribution in [2.75, 3.05) is 63.9 Å². The molecular weight excluding hydrogens is 378 g/mol. The second-order valence-electron chi connectivity index (χ2n) is 7.94. The molecular formula is C22H41N7O. The van der Waals surface area contributed by atoms with E-state index < -0.39 is 0 Å². The predicted molar refractivity (Wildman–Crippen MR) is 124 cm³/mol. The van der Waals surface area contributed by atoms with E-state index in [1.807, 2.05) is 18.5 Å². The molecule has 1 atom stereocenters. The standard InChI is InChI=1S/C22H41N7O/c1-5-23-21(25-13-9-20(19(3)4)30-6-2)24-12-8-14-28-15-17-29(18-16-28)22-26-10-7-11-27-22/h7,10-11,19-20H,5-6,8-9,12-18H2,1-4H3,(H2,23,24,25). The van der Waals surface area contributed by atoms with Gasteiger partial charge in [-0.05, 0) is 38.7 Å². The van der Waals surface area contributed by atoms with Crippen LogP contribution in [-0.2, 0) is 4.74 Å². The summed E-state index contributed by atoms with van der Waals surface area (Å²) in [5.74, 6) is 2.27. The van der Waals surface area contributed by atoms with Gasteiger partial charge in [-0.15, -0.1) is 0 Å². The van der Waals surface area contributed by atoms with Crippen molar-refractivity contribution < 1.29 is 4.74 Å². The molecule has 1 aromatic heterocycles. The Kier molecular flexibility index (Phi) is 11.5. The van der Waals surface area contributed by atoms with Gasteiger partial charge in [0, 0.05) is 71.4 Å². The highest BCUT2D eigenvalue weighted by Gasteiger charge is 2.18. The molecule has 0 aliphatic carbocycles. The van der Waals surface area contributed by atoms with Crippen molar-refractivity contribution in [1.29, 1.82) is 0 Å². The molecule has 0 aromatic carbocycles. The summed E-state index contributed by atoms with van der Waals surface area (Å²) in [6, 6.07) is 1.86. The molecule has 1 aliphatic rings. The van der Waals surface area contributed by atoms with Crippen LogP contribution in [0.3, 0.4) is 0 Å². The van der Waals surface area contributed by atoms with Gasteiger partial charge in [0.1, 0.15) is 0 Å². The van der Waals surface area contributed by atoms with Crippen LogP contribution in [0, 0.1) is 5.92 Å². The fourth-order valence-electron chi connectivity index (χ4n) is 3.61. The van der Waals surface area contributed by atoms with Crippen molar-refractivity contribution in [3.05, 3.63) is 18.5 Å². The van der Waals surface area contributed by atoms with E-state index in [0.717, 1.165) is 83.7 Å². The summed E-state index contributed by atoms with van der Waals surface area (Å²) in [5.41, 5.74) is 0. The minimum Gasteiger partial charge on any atom is -0.378 e. The first-order valence-corrected chi connectivity index (χ1v) is 11.5. The second kappa shape index (κ2) is 14.1. The van der Waals surface area contributed by atoms with Crippen LogP contribution in [0.4, 0.5) is 5.95 Å². The average Bonchev–Trinajstić information content (AvgIpc) is 2.77. The smallest absolute Gasteiger partial charge is 0.225 e. The molecule has 8 nitrogen and oxygen atoms in total. The van der Waals surface area contributed by atoms with Gasteiger partial charge in [-0.25, -0.2) is 9.97 Å². The Bertz CT molecular complexity index is 588. The number of aliphatic imine (C=N–C) groups is 1. The molecule has 8 heteroatoms. The minimum atomic E-state index is 0.297. The highest BCUT2D eigenvalue weighted by Crippen LogP contribution is 2.10. The van der Waals surface area contributed by atoms with Crippen LogP contribution in [0.15, 0.2) is 23.5 Å². The maximum atomic E-state index is 5.83. The first-order valence-electron chi connectivity index (χ1n) is 11.5. The zero-order chi connectivity index (χ0) is 21.6. The number of aromatic nitrogens is 2. The third-order valence-electron chi connectivity index (χ3n) is 5.30. The number of anilines is 1. The lowest BCUT2D eigenvalue weighted by Gasteiger charge is -2.34. The van der Waals surface area contributed by atoms with Gasteiger partial charge >= 0.3 is 0 Å². The number of rotatable bonds is 12. The van der Waals surface area contributed by atoms with Crippen LogP contribution >= 0.6 is 0 Å². The van der Waals surface area contributed by atoms with E-state index in [2.05, 4.69) is 58.1 Å². The lowest BCUT2D eigenvalue weighted by atomic mass is 10.0. The van der Waals surface area contributed by atoms with Gasteiger partial charge in [0.15, 0.2) is 5.96 Å².